The molecule has 4 nitrogen and oxygen atoms in total. The van der Waals surface area contributed by atoms with E-state index in [1.807, 2.05) is 0 Å². The highest BCUT2D eigenvalue weighted by Crippen LogP contribution is 2.27. The van der Waals surface area contributed by atoms with Crippen molar-refractivity contribution < 1.29 is 31.8 Å². The van der Waals surface area contributed by atoms with E-state index in [4.69, 9.17) is 5.73 Å². The normalized spacial score (nSPS) is 12.9. The summed E-state index contributed by atoms with van der Waals surface area (Å²) in [5, 5.41) is 0. The van der Waals surface area contributed by atoms with Crippen LogP contribution >= 0.6 is 0 Å². The van der Waals surface area contributed by atoms with Gasteiger partial charge < -0.3 is 15.2 Å². The van der Waals surface area contributed by atoms with Crippen molar-refractivity contribution >= 4 is 5.97 Å². The predicted octanol–water partition coefficient (Wildman–Crippen LogP) is 2.29. The maximum Gasteiger partial charge on any atom is 0.573 e. The summed E-state index contributed by atoms with van der Waals surface area (Å²) in [4.78, 5) is 11.0. The summed E-state index contributed by atoms with van der Waals surface area (Å²) >= 11 is 0. The molecule has 8 heteroatoms. The molecule has 0 amide bonds. The second kappa shape index (κ2) is 5.87. The Bertz CT molecular complexity index is 462. The van der Waals surface area contributed by atoms with Crippen molar-refractivity contribution in [2.45, 2.75) is 18.8 Å². The minimum Gasteiger partial charge on any atom is -0.469 e. The van der Waals surface area contributed by atoms with Gasteiger partial charge in [0.05, 0.1) is 13.5 Å². The van der Waals surface area contributed by atoms with E-state index >= 15 is 0 Å². The van der Waals surface area contributed by atoms with Gasteiger partial charge in [0.25, 0.3) is 0 Å². The number of alkyl halides is 3. The van der Waals surface area contributed by atoms with Gasteiger partial charge in [-0.15, -0.1) is 13.2 Å². The van der Waals surface area contributed by atoms with Gasteiger partial charge in [0.2, 0.25) is 0 Å². The van der Waals surface area contributed by atoms with Crippen molar-refractivity contribution in [3.63, 3.8) is 0 Å². The number of carbonyl (C=O) groups excluding carboxylic acids is 1. The van der Waals surface area contributed by atoms with E-state index in [0.29, 0.717) is 0 Å². The van der Waals surface area contributed by atoms with Crippen LogP contribution in [0.3, 0.4) is 0 Å². The molecule has 1 aromatic carbocycles. The number of benzene rings is 1. The first-order valence-electron chi connectivity index (χ1n) is 5.10. The molecule has 2 N–H and O–H groups in total. The zero-order valence-electron chi connectivity index (χ0n) is 9.83. The molecule has 1 atom stereocenters. The van der Waals surface area contributed by atoms with E-state index in [9.17, 15) is 22.4 Å². The smallest absolute Gasteiger partial charge is 0.469 e. The lowest BCUT2D eigenvalue weighted by Gasteiger charge is -2.13. The first kappa shape index (κ1) is 15.2. The van der Waals surface area contributed by atoms with E-state index in [0.717, 1.165) is 25.3 Å². The second-order valence-electron chi connectivity index (χ2n) is 3.62. The molecule has 0 bridgehead atoms. The van der Waals surface area contributed by atoms with Crippen LogP contribution in [-0.4, -0.2) is 19.4 Å². The van der Waals surface area contributed by atoms with Crippen LogP contribution in [0.15, 0.2) is 18.2 Å². The Balaban J connectivity index is 2.84. The topological polar surface area (TPSA) is 61.5 Å². The Morgan fingerprint density at radius 3 is 2.53 bits per heavy atom. The van der Waals surface area contributed by atoms with Crippen molar-refractivity contribution in [2.24, 2.45) is 5.73 Å². The van der Waals surface area contributed by atoms with Crippen LogP contribution in [0.25, 0.3) is 0 Å². The monoisotopic (exact) mass is 281 g/mol. The fourth-order valence-corrected chi connectivity index (χ4v) is 1.34. The van der Waals surface area contributed by atoms with Crippen LogP contribution in [0.1, 0.15) is 18.0 Å². The number of hydrogen-bond donors (Lipinski definition) is 1. The summed E-state index contributed by atoms with van der Waals surface area (Å²) in [5.74, 6) is -2.78. The quantitative estimate of drug-likeness (QED) is 0.679. The number of halogens is 4. The van der Waals surface area contributed by atoms with E-state index in [1.54, 1.807) is 0 Å². The Kier molecular flexibility index (Phi) is 4.71. The number of carbonyl (C=O) groups is 1. The minimum absolute atomic E-state index is 0.164. The number of rotatable bonds is 4. The lowest BCUT2D eigenvalue weighted by Crippen LogP contribution is -2.19. The zero-order chi connectivity index (χ0) is 14.6. The van der Waals surface area contributed by atoms with E-state index in [2.05, 4.69) is 9.47 Å². The summed E-state index contributed by atoms with van der Waals surface area (Å²) < 4.78 is 57.0. The van der Waals surface area contributed by atoms with Gasteiger partial charge in [0.1, 0.15) is 0 Å². The van der Waals surface area contributed by atoms with E-state index in [-0.39, 0.29) is 12.0 Å². The second-order valence-corrected chi connectivity index (χ2v) is 3.62. The Labute approximate surface area is 106 Å². The number of hydrogen-bond acceptors (Lipinski definition) is 4. The van der Waals surface area contributed by atoms with Crippen LogP contribution in [0, 0.1) is 5.82 Å². The Morgan fingerprint density at radius 2 is 2.05 bits per heavy atom. The summed E-state index contributed by atoms with van der Waals surface area (Å²) in [7, 11) is 1.16. The van der Waals surface area contributed by atoms with Gasteiger partial charge in [-0.25, -0.2) is 4.39 Å². The van der Waals surface area contributed by atoms with Crippen LogP contribution in [-0.2, 0) is 9.53 Å². The summed E-state index contributed by atoms with van der Waals surface area (Å²) in [6, 6.07) is 1.86. The molecule has 0 saturated heterocycles. The fourth-order valence-electron chi connectivity index (χ4n) is 1.34. The number of nitrogens with two attached hydrogens (primary N) is 1. The summed E-state index contributed by atoms with van der Waals surface area (Å²) in [6.45, 7) is 0. The van der Waals surface area contributed by atoms with Gasteiger partial charge in [-0.2, -0.15) is 0 Å². The van der Waals surface area contributed by atoms with Gasteiger partial charge in [-0.1, -0.05) is 6.07 Å². The van der Waals surface area contributed by atoms with Gasteiger partial charge in [0.15, 0.2) is 11.6 Å². The van der Waals surface area contributed by atoms with Crippen LogP contribution < -0.4 is 10.5 Å². The molecule has 0 aliphatic rings. The first-order chi connectivity index (χ1) is 8.73. The highest BCUT2D eigenvalue weighted by molar-refractivity contribution is 5.70. The average molecular weight is 281 g/mol. The van der Waals surface area contributed by atoms with Gasteiger partial charge in [0, 0.05) is 6.04 Å². The maximum atomic E-state index is 13.4. The highest BCUT2D eigenvalue weighted by Gasteiger charge is 2.32. The average Bonchev–Trinajstić information content (AvgIpc) is 2.29. The standard InChI is InChI=1S/C11H11F4NO3/c1-18-10(17)5-8(16)6-2-3-9(7(12)4-6)19-11(13,14)15/h2-4,8H,5,16H2,1H3/t8-/m1/s1. The number of methoxy groups -OCH3 is 1. The summed E-state index contributed by atoms with van der Waals surface area (Å²) in [5.41, 5.74) is 5.75. The van der Waals surface area contributed by atoms with E-state index < -0.39 is 29.9 Å². The van der Waals surface area contributed by atoms with Crippen LogP contribution in [0.5, 0.6) is 5.75 Å². The third-order valence-electron chi connectivity index (χ3n) is 2.22. The molecule has 0 heterocycles. The molecule has 0 aliphatic carbocycles. The Hall–Kier alpha value is -1.83. The third-order valence-corrected chi connectivity index (χ3v) is 2.22. The number of esters is 1. The van der Waals surface area contributed by atoms with Crippen LogP contribution in [0.4, 0.5) is 17.6 Å². The third kappa shape index (κ3) is 4.74. The molecule has 0 fully saturated rings. The van der Waals surface area contributed by atoms with Gasteiger partial charge in [-0.05, 0) is 17.7 Å². The molecule has 0 spiro atoms. The molecule has 0 aromatic heterocycles. The fraction of sp³-hybridized carbons (Fsp3) is 0.364. The molecule has 1 rings (SSSR count). The molecule has 0 radical (unpaired) electrons. The van der Waals surface area contributed by atoms with Crippen molar-refractivity contribution in [1.82, 2.24) is 0 Å². The summed E-state index contributed by atoms with van der Waals surface area (Å²) in [6.07, 6.45) is -5.19. The van der Waals surface area contributed by atoms with Crippen molar-refractivity contribution in [3.8, 4) is 5.75 Å². The number of ether oxygens (including phenoxy) is 2. The molecule has 1 aromatic rings. The zero-order valence-corrected chi connectivity index (χ0v) is 9.83. The molecule has 0 saturated carbocycles. The lowest BCUT2D eigenvalue weighted by atomic mass is 10.0. The first-order valence-corrected chi connectivity index (χ1v) is 5.10. The molecule has 106 valence electrons. The van der Waals surface area contributed by atoms with Gasteiger partial charge in [-0.3, -0.25) is 4.79 Å². The molecular formula is C11H11F4NO3. The van der Waals surface area contributed by atoms with Gasteiger partial charge >= 0.3 is 12.3 Å². The molecular weight excluding hydrogens is 270 g/mol. The maximum absolute atomic E-state index is 13.4. The molecule has 19 heavy (non-hydrogen) atoms. The van der Waals surface area contributed by atoms with Crippen molar-refractivity contribution in [1.29, 1.82) is 0 Å². The minimum atomic E-state index is -4.98. The lowest BCUT2D eigenvalue weighted by molar-refractivity contribution is -0.275. The highest BCUT2D eigenvalue weighted by atomic mass is 19.4. The van der Waals surface area contributed by atoms with Crippen molar-refractivity contribution in [2.75, 3.05) is 7.11 Å². The predicted molar refractivity (Wildman–Crippen MR) is 56.6 cm³/mol. The van der Waals surface area contributed by atoms with Crippen molar-refractivity contribution in [3.05, 3.63) is 29.6 Å². The SMILES string of the molecule is COC(=O)C[C@@H](N)c1ccc(OC(F)(F)F)c(F)c1. The van der Waals surface area contributed by atoms with Crippen LogP contribution in [0.2, 0.25) is 0 Å². The molecule has 0 unspecified atom stereocenters. The largest absolute Gasteiger partial charge is 0.573 e. The molecule has 0 aliphatic heterocycles. The Morgan fingerprint density at radius 1 is 1.42 bits per heavy atom. The van der Waals surface area contributed by atoms with E-state index in [1.165, 1.54) is 0 Å².